The second-order valence-corrected chi connectivity index (χ2v) is 6.08. The molecular weight excluding hydrogens is 378 g/mol. The van der Waals surface area contributed by atoms with Crippen molar-refractivity contribution < 1.29 is 24.0 Å². The van der Waals surface area contributed by atoms with Crippen LogP contribution in [0, 0.1) is 21.4 Å². The van der Waals surface area contributed by atoms with Crippen LogP contribution in [0.4, 0.5) is 5.69 Å². The van der Waals surface area contributed by atoms with Crippen molar-refractivity contribution in [1.82, 2.24) is 5.32 Å². The second kappa shape index (κ2) is 9.50. The Morgan fingerprint density at radius 2 is 1.76 bits per heavy atom. The number of dihydropyridines is 1. The Labute approximate surface area is 167 Å². The Morgan fingerprint density at radius 1 is 1.17 bits per heavy atom. The maximum absolute atomic E-state index is 12.8. The van der Waals surface area contributed by atoms with Crippen LogP contribution in [0.5, 0.6) is 0 Å². The molecule has 1 aromatic carbocycles. The summed E-state index contributed by atoms with van der Waals surface area (Å²) >= 11 is 0. The molecule has 1 aliphatic rings. The third kappa shape index (κ3) is 4.43. The van der Waals surface area contributed by atoms with E-state index in [4.69, 9.17) is 9.47 Å². The zero-order valence-electron chi connectivity index (χ0n) is 16.4. The van der Waals surface area contributed by atoms with Gasteiger partial charge < -0.3 is 14.8 Å². The molecule has 152 valence electrons. The number of hydrogen-bond donors (Lipinski definition) is 1. The minimum Gasteiger partial charge on any atom is -0.463 e. The SMILES string of the molecule is CCOC(=O)C1=C(C)NC(CC#N)=C(C(=O)OCC)C1c1ccccc1[N+](=O)[O-]. The first kappa shape index (κ1) is 21.6. The normalized spacial score (nSPS) is 16.0. The fourth-order valence-electron chi connectivity index (χ4n) is 3.25. The van der Waals surface area contributed by atoms with Crippen LogP contribution in [0.25, 0.3) is 0 Å². The number of nitro groups is 1. The van der Waals surface area contributed by atoms with Gasteiger partial charge in [-0.15, -0.1) is 0 Å². The molecule has 1 N–H and O–H groups in total. The molecule has 0 radical (unpaired) electrons. The lowest BCUT2D eigenvalue weighted by Crippen LogP contribution is -2.33. The van der Waals surface area contributed by atoms with Crippen molar-refractivity contribution in [3.05, 3.63) is 62.5 Å². The highest BCUT2D eigenvalue weighted by molar-refractivity contribution is 6.00. The average Bonchev–Trinajstić information content (AvgIpc) is 2.67. The number of ether oxygens (including phenoxy) is 2. The maximum atomic E-state index is 12.8. The van der Waals surface area contributed by atoms with E-state index in [1.807, 2.05) is 6.07 Å². The van der Waals surface area contributed by atoms with Crippen molar-refractivity contribution >= 4 is 17.6 Å². The van der Waals surface area contributed by atoms with E-state index in [1.54, 1.807) is 26.8 Å². The van der Waals surface area contributed by atoms with Gasteiger partial charge in [0.1, 0.15) is 0 Å². The van der Waals surface area contributed by atoms with Crippen LogP contribution in [-0.4, -0.2) is 30.1 Å². The van der Waals surface area contributed by atoms with Crippen LogP contribution in [0.3, 0.4) is 0 Å². The summed E-state index contributed by atoms with van der Waals surface area (Å²) in [7, 11) is 0. The molecule has 29 heavy (non-hydrogen) atoms. The summed E-state index contributed by atoms with van der Waals surface area (Å²) in [5.41, 5.74) is 0.513. The lowest BCUT2D eigenvalue weighted by molar-refractivity contribution is -0.385. The van der Waals surface area contributed by atoms with Gasteiger partial charge in [0.05, 0.1) is 47.7 Å². The minimum atomic E-state index is -1.11. The van der Waals surface area contributed by atoms with E-state index < -0.39 is 22.8 Å². The third-order valence-corrected chi connectivity index (χ3v) is 4.34. The van der Waals surface area contributed by atoms with Crippen LogP contribution < -0.4 is 5.32 Å². The minimum absolute atomic E-state index is 0.0173. The Kier molecular flexibility index (Phi) is 7.09. The second-order valence-electron chi connectivity index (χ2n) is 6.08. The quantitative estimate of drug-likeness (QED) is 0.420. The summed E-state index contributed by atoms with van der Waals surface area (Å²) in [5.74, 6) is -2.58. The molecule has 1 unspecified atom stereocenters. The van der Waals surface area contributed by atoms with Crippen LogP contribution in [0.2, 0.25) is 0 Å². The van der Waals surface area contributed by atoms with Crippen LogP contribution in [0.15, 0.2) is 46.8 Å². The van der Waals surface area contributed by atoms with E-state index in [0.29, 0.717) is 5.70 Å². The summed E-state index contributed by atoms with van der Waals surface area (Å²) in [6, 6.07) is 7.80. The Bertz CT molecular complexity index is 942. The zero-order valence-corrected chi connectivity index (χ0v) is 16.4. The van der Waals surface area contributed by atoms with Gasteiger partial charge >= 0.3 is 11.9 Å². The Morgan fingerprint density at radius 3 is 2.31 bits per heavy atom. The number of nitrogens with one attached hydrogen (secondary N) is 1. The van der Waals surface area contributed by atoms with Crippen molar-refractivity contribution in [2.24, 2.45) is 0 Å². The van der Waals surface area contributed by atoms with Gasteiger partial charge in [-0.25, -0.2) is 9.59 Å². The monoisotopic (exact) mass is 399 g/mol. The number of rotatable bonds is 7. The topological polar surface area (TPSA) is 132 Å². The summed E-state index contributed by atoms with van der Waals surface area (Å²) in [5, 5.41) is 23.7. The highest BCUT2D eigenvalue weighted by atomic mass is 16.6. The standard InChI is InChI=1S/C20H21N3O6/c1-4-28-19(24)16-12(3)22-14(10-11-21)18(20(25)29-5-2)17(16)13-8-6-7-9-15(13)23(26)27/h6-9,17,22H,4-5,10H2,1-3H3. The number of carbonyl (C=O) groups is 2. The highest BCUT2D eigenvalue weighted by Gasteiger charge is 2.41. The number of nitriles is 1. The Balaban J connectivity index is 2.83. The Hall–Kier alpha value is -3.67. The van der Waals surface area contributed by atoms with Crippen LogP contribution in [0.1, 0.15) is 38.7 Å². The molecule has 0 bridgehead atoms. The van der Waals surface area contributed by atoms with E-state index in [0.717, 1.165) is 0 Å². The van der Waals surface area contributed by atoms with E-state index >= 15 is 0 Å². The zero-order chi connectivity index (χ0) is 21.6. The number of para-hydroxylation sites is 1. The molecule has 9 nitrogen and oxygen atoms in total. The number of carbonyl (C=O) groups excluding carboxylic acids is 2. The first-order chi connectivity index (χ1) is 13.9. The molecule has 0 amide bonds. The molecule has 9 heteroatoms. The summed E-state index contributed by atoms with van der Waals surface area (Å²) in [6.07, 6.45) is -0.168. The number of allylic oxidation sites excluding steroid dienone is 2. The van der Waals surface area contributed by atoms with E-state index in [-0.39, 0.29) is 47.7 Å². The fraction of sp³-hybridized carbons (Fsp3) is 0.350. The number of nitrogens with zero attached hydrogens (tertiary/aromatic N) is 2. The van der Waals surface area contributed by atoms with Crippen molar-refractivity contribution in [3.8, 4) is 6.07 Å². The van der Waals surface area contributed by atoms with Crippen molar-refractivity contribution in [1.29, 1.82) is 5.26 Å². The molecule has 0 saturated carbocycles. The van der Waals surface area contributed by atoms with Crippen molar-refractivity contribution in [2.75, 3.05) is 13.2 Å². The van der Waals surface area contributed by atoms with Gasteiger partial charge in [0, 0.05) is 23.0 Å². The molecule has 0 fully saturated rings. The first-order valence-corrected chi connectivity index (χ1v) is 9.02. The summed E-state index contributed by atoms with van der Waals surface area (Å²) in [4.78, 5) is 36.6. The van der Waals surface area contributed by atoms with Gasteiger partial charge in [0.2, 0.25) is 0 Å². The molecule has 2 rings (SSSR count). The molecular formula is C20H21N3O6. The van der Waals surface area contributed by atoms with Gasteiger partial charge in [-0.05, 0) is 20.8 Å². The summed E-state index contributed by atoms with van der Waals surface area (Å²) < 4.78 is 10.3. The third-order valence-electron chi connectivity index (χ3n) is 4.34. The van der Waals surface area contributed by atoms with Gasteiger partial charge in [0.25, 0.3) is 5.69 Å². The van der Waals surface area contributed by atoms with Gasteiger partial charge in [-0.2, -0.15) is 5.26 Å². The number of hydrogen-bond acceptors (Lipinski definition) is 8. The molecule has 0 spiro atoms. The molecule has 1 atom stereocenters. The smallest absolute Gasteiger partial charge is 0.336 e. The predicted molar refractivity (Wildman–Crippen MR) is 102 cm³/mol. The molecule has 0 aliphatic carbocycles. The lowest BCUT2D eigenvalue weighted by Gasteiger charge is -2.30. The van der Waals surface area contributed by atoms with Crippen molar-refractivity contribution in [3.63, 3.8) is 0 Å². The van der Waals surface area contributed by atoms with E-state index in [1.165, 1.54) is 18.2 Å². The van der Waals surface area contributed by atoms with Crippen molar-refractivity contribution in [2.45, 2.75) is 33.1 Å². The summed E-state index contributed by atoms with van der Waals surface area (Å²) in [6.45, 7) is 4.98. The van der Waals surface area contributed by atoms with E-state index in [2.05, 4.69) is 5.32 Å². The van der Waals surface area contributed by atoms with Gasteiger partial charge in [0.15, 0.2) is 0 Å². The average molecular weight is 399 g/mol. The number of esters is 2. The molecule has 0 aromatic heterocycles. The fourth-order valence-corrected chi connectivity index (χ4v) is 3.25. The van der Waals surface area contributed by atoms with Gasteiger partial charge in [-0.3, -0.25) is 10.1 Å². The molecule has 1 heterocycles. The largest absolute Gasteiger partial charge is 0.463 e. The first-order valence-electron chi connectivity index (χ1n) is 9.02. The predicted octanol–water partition coefficient (Wildman–Crippen LogP) is 2.85. The highest BCUT2D eigenvalue weighted by Crippen LogP contribution is 2.43. The lowest BCUT2D eigenvalue weighted by atomic mass is 9.79. The van der Waals surface area contributed by atoms with Crippen LogP contribution in [-0.2, 0) is 19.1 Å². The van der Waals surface area contributed by atoms with E-state index in [9.17, 15) is 25.0 Å². The number of nitro benzene ring substituents is 1. The van der Waals surface area contributed by atoms with Gasteiger partial charge in [-0.1, -0.05) is 18.2 Å². The maximum Gasteiger partial charge on any atom is 0.336 e. The number of benzene rings is 1. The van der Waals surface area contributed by atoms with Crippen LogP contribution >= 0.6 is 0 Å². The molecule has 1 aromatic rings. The molecule has 1 aliphatic heterocycles. The molecule has 0 saturated heterocycles.